The molecule has 0 bridgehead atoms. The van der Waals surface area contributed by atoms with Crippen LogP contribution in [0.3, 0.4) is 0 Å². The third kappa shape index (κ3) is 3.46. The number of methoxy groups -OCH3 is 1. The molecule has 1 aliphatic carbocycles. The molecule has 0 saturated heterocycles. The van der Waals surface area contributed by atoms with Crippen LogP contribution in [-0.2, 0) is 4.74 Å². The fraction of sp³-hybridized carbons (Fsp3) is 0.438. The van der Waals surface area contributed by atoms with Gasteiger partial charge in [-0.05, 0) is 31.0 Å². The van der Waals surface area contributed by atoms with Gasteiger partial charge in [0.25, 0.3) is 0 Å². The van der Waals surface area contributed by atoms with E-state index in [9.17, 15) is 0 Å². The highest BCUT2D eigenvalue weighted by atomic mass is 16.5. The SMILES string of the molecule is COCC(CNC1CC1)Oc1ccc2cccnc2c1. The largest absolute Gasteiger partial charge is 0.487 e. The van der Waals surface area contributed by atoms with Gasteiger partial charge in [-0.3, -0.25) is 4.98 Å². The fourth-order valence-electron chi connectivity index (χ4n) is 2.22. The number of ether oxygens (including phenoxy) is 2. The Balaban J connectivity index is 1.67. The summed E-state index contributed by atoms with van der Waals surface area (Å²) in [5.41, 5.74) is 0.955. The van der Waals surface area contributed by atoms with Crippen molar-refractivity contribution in [2.24, 2.45) is 0 Å². The van der Waals surface area contributed by atoms with Gasteiger partial charge in [0.2, 0.25) is 0 Å². The van der Waals surface area contributed by atoms with Gasteiger partial charge < -0.3 is 14.8 Å². The molecule has 1 aliphatic rings. The van der Waals surface area contributed by atoms with Gasteiger partial charge in [-0.15, -0.1) is 0 Å². The van der Waals surface area contributed by atoms with Crippen LogP contribution in [0, 0.1) is 0 Å². The molecule has 1 atom stereocenters. The molecule has 1 aromatic carbocycles. The maximum Gasteiger partial charge on any atom is 0.134 e. The fourth-order valence-corrected chi connectivity index (χ4v) is 2.22. The van der Waals surface area contributed by atoms with Gasteiger partial charge >= 0.3 is 0 Å². The predicted octanol–water partition coefficient (Wildman–Crippen LogP) is 2.38. The molecule has 1 unspecified atom stereocenters. The van der Waals surface area contributed by atoms with Crippen LogP contribution < -0.4 is 10.1 Å². The van der Waals surface area contributed by atoms with Crippen molar-refractivity contribution in [1.29, 1.82) is 0 Å². The summed E-state index contributed by atoms with van der Waals surface area (Å²) in [6.07, 6.45) is 4.38. The van der Waals surface area contributed by atoms with Gasteiger partial charge in [0, 0.05) is 37.3 Å². The van der Waals surface area contributed by atoms with Crippen molar-refractivity contribution in [2.75, 3.05) is 20.3 Å². The molecule has 0 radical (unpaired) electrons. The monoisotopic (exact) mass is 272 g/mol. The Hall–Kier alpha value is -1.65. The van der Waals surface area contributed by atoms with Gasteiger partial charge in [0.1, 0.15) is 11.9 Å². The number of aromatic nitrogens is 1. The molecule has 1 fully saturated rings. The third-order valence-corrected chi connectivity index (χ3v) is 3.44. The number of hydrogen-bond donors (Lipinski definition) is 1. The second-order valence-electron chi connectivity index (χ2n) is 5.24. The first-order valence-corrected chi connectivity index (χ1v) is 7.09. The second kappa shape index (κ2) is 6.20. The molecule has 2 aromatic rings. The number of hydrogen-bond acceptors (Lipinski definition) is 4. The first-order valence-electron chi connectivity index (χ1n) is 7.09. The lowest BCUT2D eigenvalue weighted by Gasteiger charge is -2.19. The van der Waals surface area contributed by atoms with E-state index in [4.69, 9.17) is 9.47 Å². The standard InChI is InChI=1S/C16H20N2O2/c1-19-11-15(10-18-13-5-6-13)20-14-7-4-12-3-2-8-17-16(12)9-14/h2-4,7-9,13,15,18H,5-6,10-11H2,1H3. The van der Waals surface area contributed by atoms with Crippen LogP contribution in [0.1, 0.15) is 12.8 Å². The van der Waals surface area contributed by atoms with Gasteiger partial charge in [0.05, 0.1) is 12.1 Å². The van der Waals surface area contributed by atoms with Crippen LogP contribution in [0.15, 0.2) is 36.5 Å². The molecular weight excluding hydrogens is 252 g/mol. The molecule has 0 spiro atoms. The molecule has 0 aliphatic heterocycles. The van der Waals surface area contributed by atoms with Crippen LogP contribution in [0.4, 0.5) is 0 Å². The van der Waals surface area contributed by atoms with E-state index >= 15 is 0 Å². The van der Waals surface area contributed by atoms with Crippen molar-refractivity contribution in [1.82, 2.24) is 10.3 Å². The Morgan fingerprint density at radius 1 is 1.35 bits per heavy atom. The molecule has 0 amide bonds. The van der Waals surface area contributed by atoms with E-state index < -0.39 is 0 Å². The minimum atomic E-state index is 0.0294. The number of fused-ring (bicyclic) bond motifs is 1. The number of benzene rings is 1. The summed E-state index contributed by atoms with van der Waals surface area (Å²) in [5.74, 6) is 0.843. The molecule has 1 aromatic heterocycles. The Morgan fingerprint density at radius 3 is 3.05 bits per heavy atom. The Bertz CT molecular complexity index is 569. The number of pyridine rings is 1. The summed E-state index contributed by atoms with van der Waals surface area (Å²) in [7, 11) is 1.70. The summed E-state index contributed by atoms with van der Waals surface area (Å²) in [5, 5.41) is 4.60. The van der Waals surface area contributed by atoms with E-state index in [-0.39, 0.29) is 6.10 Å². The summed E-state index contributed by atoms with van der Waals surface area (Å²) in [4.78, 5) is 4.35. The Morgan fingerprint density at radius 2 is 2.25 bits per heavy atom. The highest BCUT2D eigenvalue weighted by Crippen LogP contribution is 2.21. The topological polar surface area (TPSA) is 43.4 Å². The lowest BCUT2D eigenvalue weighted by molar-refractivity contribution is 0.0805. The first-order chi connectivity index (χ1) is 9.85. The lowest BCUT2D eigenvalue weighted by atomic mass is 10.2. The lowest BCUT2D eigenvalue weighted by Crippen LogP contribution is -2.35. The summed E-state index contributed by atoms with van der Waals surface area (Å²) < 4.78 is 11.2. The maximum absolute atomic E-state index is 6.01. The van der Waals surface area contributed by atoms with E-state index in [0.717, 1.165) is 23.2 Å². The summed E-state index contributed by atoms with van der Waals surface area (Å²) >= 11 is 0. The van der Waals surface area contributed by atoms with E-state index in [2.05, 4.69) is 10.3 Å². The molecular formula is C16H20N2O2. The second-order valence-corrected chi connectivity index (χ2v) is 5.24. The third-order valence-electron chi connectivity index (χ3n) is 3.44. The number of nitrogens with zero attached hydrogens (tertiary/aromatic N) is 1. The van der Waals surface area contributed by atoms with Crippen LogP contribution in [-0.4, -0.2) is 37.4 Å². The van der Waals surface area contributed by atoms with E-state index in [1.165, 1.54) is 12.8 Å². The quantitative estimate of drug-likeness (QED) is 0.840. The number of nitrogens with one attached hydrogen (secondary N) is 1. The maximum atomic E-state index is 6.01. The van der Waals surface area contributed by atoms with Gasteiger partial charge in [-0.25, -0.2) is 0 Å². The Labute approximate surface area is 119 Å². The summed E-state index contributed by atoms with van der Waals surface area (Å²) in [6, 6.07) is 10.7. The molecule has 4 nitrogen and oxygen atoms in total. The zero-order chi connectivity index (χ0) is 13.8. The van der Waals surface area contributed by atoms with E-state index in [1.807, 2.05) is 30.3 Å². The predicted molar refractivity (Wildman–Crippen MR) is 79.1 cm³/mol. The van der Waals surface area contributed by atoms with Crippen LogP contribution >= 0.6 is 0 Å². The van der Waals surface area contributed by atoms with Crippen LogP contribution in [0.2, 0.25) is 0 Å². The first kappa shape index (κ1) is 13.3. The molecule has 1 heterocycles. The van der Waals surface area contributed by atoms with Gasteiger partial charge in [-0.2, -0.15) is 0 Å². The van der Waals surface area contributed by atoms with E-state index in [1.54, 1.807) is 13.3 Å². The minimum absolute atomic E-state index is 0.0294. The van der Waals surface area contributed by atoms with E-state index in [0.29, 0.717) is 12.6 Å². The van der Waals surface area contributed by atoms with Crippen molar-refractivity contribution in [3.63, 3.8) is 0 Å². The van der Waals surface area contributed by atoms with Crippen molar-refractivity contribution in [3.8, 4) is 5.75 Å². The zero-order valence-electron chi connectivity index (χ0n) is 11.7. The molecule has 1 N–H and O–H groups in total. The number of rotatable bonds is 7. The molecule has 20 heavy (non-hydrogen) atoms. The highest BCUT2D eigenvalue weighted by Gasteiger charge is 2.22. The summed E-state index contributed by atoms with van der Waals surface area (Å²) in [6.45, 7) is 1.40. The zero-order valence-corrected chi connectivity index (χ0v) is 11.7. The highest BCUT2D eigenvalue weighted by molar-refractivity contribution is 5.79. The van der Waals surface area contributed by atoms with Crippen molar-refractivity contribution < 1.29 is 9.47 Å². The van der Waals surface area contributed by atoms with Gasteiger partial charge in [-0.1, -0.05) is 6.07 Å². The molecule has 1 saturated carbocycles. The van der Waals surface area contributed by atoms with Crippen molar-refractivity contribution in [2.45, 2.75) is 25.0 Å². The van der Waals surface area contributed by atoms with Crippen molar-refractivity contribution >= 4 is 10.9 Å². The normalized spacial score (nSPS) is 16.2. The Kier molecular flexibility index (Phi) is 4.14. The minimum Gasteiger partial charge on any atom is -0.487 e. The molecule has 4 heteroatoms. The van der Waals surface area contributed by atoms with Gasteiger partial charge in [0.15, 0.2) is 0 Å². The van der Waals surface area contributed by atoms with Crippen LogP contribution in [0.25, 0.3) is 10.9 Å². The molecule has 106 valence electrons. The van der Waals surface area contributed by atoms with Crippen molar-refractivity contribution in [3.05, 3.63) is 36.5 Å². The average Bonchev–Trinajstić information content (AvgIpc) is 3.29. The van der Waals surface area contributed by atoms with Crippen LogP contribution in [0.5, 0.6) is 5.75 Å². The molecule has 3 rings (SSSR count). The smallest absolute Gasteiger partial charge is 0.134 e. The average molecular weight is 272 g/mol.